The minimum absolute atomic E-state index is 0.285. The van der Waals surface area contributed by atoms with Crippen molar-refractivity contribution in [3.05, 3.63) is 11.7 Å². The van der Waals surface area contributed by atoms with E-state index in [-0.39, 0.29) is 5.92 Å². The van der Waals surface area contributed by atoms with Gasteiger partial charge in [0.05, 0.1) is 19.3 Å². The molecule has 1 aliphatic rings. The lowest BCUT2D eigenvalue weighted by atomic mass is 10.1. The highest BCUT2D eigenvalue weighted by atomic mass is 16.5. The van der Waals surface area contributed by atoms with Crippen LogP contribution in [0.2, 0.25) is 0 Å². The van der Waals surface area contributed by atoms with Crippen molar-refractivity contribution >= 4 is 5.96 Å². The Hall–Kier alpha value is -1.63. The maximum absolute atomic E-state index is 5.99. The molecule has 0 aliphatic heterocycles. The zero-order valence-electron chi connectivity index (χ0n) is 16.6. The van der Waals surface area contributed by atoms with Gasteiger partial charge in [-0.25, -0.2) is 0 Å². The van der Waals surface area contributed by atoms with E-state index in [2.05, 4.69) is 46.5 Å². The molecule has 2 N–H and O–H groups in total. The lowest BCUT2D eigenvalue weighted by molar-refractivity contribution is 0.0487. The van der Waals surface area contributed by atoms with Gasteiger partial charge in [-0.05, 0) is 19.8 Å². The first-order valence-electron chi connectivity index (χ1n) is 10.1. The molecule has 0 amide bonds. The molecule has 2 rings (SSSR count). The van der Waals surface area contributed by atoms with Crippen LogP contribution in [0.1, 0.15) is 76.9 Å². The number of nitrogens with zero attached hydrogens (tertiary/aromatic N) is 3. The summed E-state index contributed by atoms with van der Waals surface area (Å²) in [5.74, 6) is 2.51. The Balaban J connectivity index is 1.68. The average Bonchev–Trinajstić information content (AvgIpc) is 2.95. The Kier molecular flexibility index (Phi) is 9.45. The molecule has 1 aliphatic carbocycles. The molecule has 0 unspecified atom stereocenters. The summed E-state index contributed by atoms with van der Waals surface area (Å²) in [5.41, 5.74) is 0. The molecule has 7 heteroatoms. The van der Waals surface area contributed by atoms with Crippen molar-refractivity contribution in [2.75, 3.05) is 26.2 Å². The molecule has 0 bridgehead atoms. The van der Waals surface area contributed by atoms with Crippen LogP contribution in [-0.4, -0.2) is 48.4 Å². The van der Waals surface area contributed by atoms with Crippen molar-refractivity contribution < 1.29 is 9.26 Å². The number of hydrogen-bond donors (Lipinski definition) is 2. The summed E-state index contributed by atoms with van der Waals surface area (Å²) in [6, 6.07) is 0. The summed E-state index contributed by atoms with van der Waals surface area (Å²) in [5, 5.41) is 10.6. The van der Waals surface area contributed by atoms with Gasteiger partial charge in [0.2, 0.25) is 5.89 Å². The fourth-order valence-electron chi connectivity index (χ4n) is 3.02. The summed E-state index contributed by atoms with van der Waals surface area (Å²) < 4.78 is 11.3. The van der Waals surface area contributed by atoms with Gasteiger partial charge in [-0.3, -0.25) is 4.99 Å². The van der Waals surface area contributed by atoms with Crippen molar-refractivity contribution in [1.82, 2.24) is 20.8 Å². The minimum atomic E-state index is 0.285. The molecule has 1 saturated carbocycles. The molecule has 0 spiro atoms. The van der Waals surface area contributed by atoms with E-state index >= 15 is 0 Å². The Morgan fingerprint density at radius 2 is 2.00 bits per heavy atom. The molecule has 148 valence electrons. The van der Waals surface area contributed by atoms with Crippen molar-refractivity contribution in [2.45, 2.75) is 77.7 Å². The number of rotatable bonds is 9. The molecule has 1 fully saturated rings. The molecular weight excluding hydrogens is 330 g/mol. The summed E-state index contributed by atoms with van der Waals surface area (Å²) in [7, 11) is 0. The van der Waals surface area contributed by atoms with Crippen LogP contribution in [0.4, 0.5) is 0 Å². The summed E-state index contributed by atoms with van der Waals surface area (Å²) in [6.07, 6.45) is 8.81. The van der Waals surface area contributed by atoms with E-state index in [1.54, 1.807) is 0 Å². The Labute approximate surface area is 157 Å². The van der Waals surface area contributed by atoms with Crippen LogP contribution < -0.4 is 10.6 Å². The molecule has 1 heterocycles. The predicted molar refractivity (Wildman–Crippen MR) is 104 cm³/mol. The van der Waals surface area contributed by atoms with Gasteiger partial charge < -0.3 is 19.9 Å². The fourth-order valence-corrected chi connectivity index (χ4v) is 3.02. The van der Waals surface area contributed by atoms with Gasteiger partial charge >= 0.3 is 0 Å². The third-order valence-corrected chi connectivity index (χ3v) is 4.49. The van der Waals surface area contributed by atoms with Gasteiger partial charge in [0.25, 0.3) is 0 Å². The fraction of sp³-hybridized carbons (Fsp3) is 0.842. The molecule has 0 saturated heterocycles. The first-order valence-corrected chi connectivity index (χ1v) is 10.1. The number of nitrogens with one attached hydrogen (secondary N) is 2. The van der Waals surface area contributed by atoms with Crippen LogP contribution >= 0.6 is 0 Å². The van der Waals surface area contributed by atoms with E-state index in [1.807, 2.05) is 0 Å². The quantitative estimate of drug-likeness (QED) is 0.303. The van der Waals surface area contributed by atoms with Gasteiger partial charge in [-0.1, -0.05) is 44.7 Å². The van der Waals surface area contributed by atoms with Gasteiger partial charge in [0.15, 0.2) is 11.8 Å². The first-order chi connectivity index (χ1) is 12.7. The summed E-state index contributed by atoms with van der Waals surface area (Å²) >= 11 is 0. The van der Waals surface area contributed by atoms with Crippen LogP contribution in [0.15, 0.2) is 9.52 Å². The molecular formula is C19H35N5O2. The largest absolute Gasteiger partial charge is 0.376 e. The zero-order valence-corrected chi connectivity index (χ0v) is 16.6. The van der Waals surface area contributed by atoms with Crippen LogP contribution in [0, 0.1) is 0 Å². The molecule has 7 nitrogen and oxygen atoms in total. The molecule has 26 heavy (non-hydrogen) atoms. The second kappa shape index (κ2) is 11.9. The lowest BCUT2D eigenvalue weighted by Gasteiger charge is -2.15. The Bertz CT molecular complexity index is 522. The standard InChI is InChI=1S/C19H35N5O2/c1-4-20-19(21-12-11-17-23-18(15(2)3)24-26-17)22-13-14-25-16-9-7-5-6-8-10-16/h15-16H,4-14H2,1-3H3,(H2,20,21,22). The highest BCUT2D eigenvalue weighted by Crippen LogP contribution is 2.19. The highest BCUT2D eigenvalue weighted by Gasteiger charge is 2.12. The van der Waals surface area contributed by atoms with Gasteiger partial charge in [-0.15, -0.1) is 0 Å². The number of aromatic nitrogens is 2. The summed E-state index contributed by atoms with van der Waals surface area (Å²) in [6.45, 7) is 9.06. The minimum Gasteiger partial charge on any atom is -0.376 e. The maximum Gasteiger partial charge on any atom is 0.228 e. The Morgan fingerprint density at radius 1 is 1.23 bits per heavy atom. The second-order valence-corrected chi connectivity index (χ2v) is 7.12. The number of guanidine groups is 1. The van der Waals surface area contributed by atoms with Crippen molar-refractivity contribution in [2.24, 2.45) is 4.99 Å². The maximum atomic E-state index is 5.99. The van der Waals surface area contributed by atoms with Crippen molar-refractivity contribution in [1.29, 1.82) is 0 Å². The van der Waals surface area contributed by atoms with E-state index < -0.39 is 0 Å². The number of ether oxygens (including phenoxy) is 1. The van der Waals surface area contributed by atoms with E-state index in [9.17, 15) is 0 Å². The monoisotopic (exact) mass is 365 g/mol. The third-order valence-electron chi connectivity index (χ3n) is 4.49. The van der Waals surface area contributed by atoms with E-state index in [1.165, 1.54) is 38.5 Å². The smallest absolute Gasteiger partial charge is 0.228 e. The summed E-state index contributed by atoms with van der Waals surface area (Å²) in [4.78, 5) is 8.98. The van der Waals surface area contributed by atoms with Crippen LogP contribution in [0.3, 0.4) is 0 Å². The molecule has 1 aromatic heterocycles. The predicted octanol–water partition coefficient (Wildman–Crippen LogP) is 3.03. The highest BCUT2D eigenvalue weighted by molar-refractivity contribution is 5.79. The SMILES string of the molecule is CCNC(=NCCOC1CCCCCC1)NCCc1nc(C(C)C)no1. The topological polar surface area (TPSA) is 84.6 Å². The molecule has 0 aromatic carbocycles. The van der Waals surface area contributed by atoms with Gasteiger partial charge in [0.1, 0.15) is 0 Å². The lowest BCUT2D eigenvalue weighted by Crippen LogP contribution is -2.38. The zero-order chi connectivity index (χ0) is 18.6. The third kappa shape index (κ3) is 7.72. The van der Waals surface area contributed by atoms with Crippen molar-refractivity contribution in [3.63, 3.8) is 0 Å². The van der Waals surface area contributed by atoms with Crippen LogP contribution in [0.5, 0.6) is 0 Å². The first kappa shape index (κ1) is 20.7. The van der Waals surface area contributed by atoms with Crippen LogP contribution in [0.25, 0.3) is 0 Å². The second-order valence-electron chi connectivity index (χ2n) is 7.12. The van der Waals surface area contributed by atoms with Crippen LogP contribution in [-0.2, 0) is 11.2 Å². The molecule has 0 atom stereocenters. The van der Waals surface area contributed by atoms with E-state index in [0.717, 1.165) is 18.3 Å². The van der Waals surface area contributed by atoms with E-state index in [4.69, 9.17) is 9.26 Å². The van der Waals surface area contributed by atoms with Gasteiger partial charge in [0, 0.05) is 25.4 Å². The average molecular weight is 366 g/mol. The van der Waals surface area contributed by atoms with Crippen molar-refractivity contribution in [3.8, 4) is 0 Å². The molecule has 0 radical (unpaired) electrons. The number of aliphatic imine (C=N–C) groups is 1. The number of hydrogen-bond acceptors (Lipinski definition) is 5. The Morgan fingerprint density at radius 3 is 2.65 bits per heavy atom. The van der Waals surface area contributed by atoms with E-state index in [0.29, 0.717) is 38.1 Å². The van der Waals surface area contributed by atoms with Gasteiger partial charge in [-0.2, -0.15) is 4.98 Å². The normalized spacial score (nSPS) is 16.7. The molecule has 1 aromatic rings.